The highest BCUT2D eigenvalue weighted by Gasteiger charge is 2.21. The Morgan fingerprint density at radius 2 is 2.13 bits per heavy atom. The number of nitrogens with one attached hydrogen (secondary N) is 1. The van der Waals surface area contributed by atoms with Gasteiger partial charge < -0.3 is 10.2 Å². The Labute approximate surface area is 92.3 Å². The van der Waals surface area contributed by atoms with Crippen molar-refractivity contribution in [2.45, 2.75) is 32.7 Å². The number of anilines is 2. The van der Waals surface area contributed by atoms with Crippen molar-refractivity contribution < 1.29 is 0 Å². The summed E-state index contributed by atoms with van der Waals surface area (Å²) in [5, 5.41) is 3.55. The zero-order valence-corrected chi connectivity index (χ0v) is 10.0. The van der Waals surface area contributed by atoms with Gasteiger partial charge in [-0.15, -0.1) is 0 Å². The first kappa shape index (κ1) is 10.3. The van der Waals surface area contributed by atoms with Crippen LogP contribution in [-0.2, 0) is 0 Å². The van der Waals surface area contributed by atoms with Crippen LogP contribution in [0.3, 0.4) is 0 Å². The molecule has 0 bridgehead atoms. The number of likely N-dealkylation sites (N-methyl/N-ethyl adjacent to an activating group) is 1. The first-order valence-corrected chi connectivity index (χ1v) is 5.71. The summed E-state index contributed by atoms with van der Waals surface area (Å²) in [5.74, 6) is 0.578. The van der Waals surface area contributed by atoms with Crippen LogP contribution in [-0.4, -0.2) is 19.6 Å². The molecule has 2 rings (SSSR count). The minimum Gasteiger partial charge on any atom is -0.381 e. The number of hydrogen-bond donors (Lipinski definition) is 1. The van der Waals surface area contributed by atoms with Crippen molar-refractivity contribution >= 4 is 11.4 Å². The normalized spacial score (nSPS) is 20.1. The third-order valence-corrected chi connectivity index (χ3v) is 3.31. The number of hydrogen-bond acceptors (Lipinski definition) is 2. The van der Waals surface area contributed by atoms with Crippen LogP contribution < -0.4 is 10.2 Å². The molecule has 0 spiro atoms. The molecule has 15 heavy (non-hydrogen) atoms. The lowest BCUT2D eigenvalue weighted by Gasteiger charge is -2.36. The standard InChI is InChI=1S/C13H20N2/c1-9(2)11-6-5-7-12-13(11)14-8-10(3)15(12)4/h5-7,9-10,14H,8H2,1-4H3. The topological polar surface area (TPSA) is 15.3 Å². The summed E-state index contributed by atoms with van der Waals surface area (Å²) >= 11 is 0. The van der Waals surface area contributed by atoms with E-state index in [0.717, 1.165) is 6.54 Å². The van der Waals surface area contributed by atoms with Crippen molar-refractivity contribution in [1.29, 1.82) is 0 Å². The molecule has 82 valence electrons. The minimum atomic E-state index is 0.569. The van der Waals surface area contributed by atoms with Gasteiger partial charge in [0, 0.05) is 19.6 Å². The number of benzene rings is 1. The van der Waals surface area contributed by atoms with Crippen molar-refractivity contribution in [2.75, 3.05) is 23.8 Å². The summed E-state index contributed by atoms with van der Waals surface area (Å²) in [5.41, 5.74) is 4.08. The molecule has 1 unspecified atom stereocenters. The molecule has 1 heterocycles. The van der Waals surface area contributed by atoms with Crippen LogP contribution in [0.25, 0.3) is 0 Å². The maximum atomic E-state index is 3.55. The first-order chi connectivity index (χ1) is 7.11. The van der Waals surface area contributed by atoms with Crippen LogP contribution in [0.4, 0.5) is 11.4 Å². The third kappa shape index (κ3) is 1.69. The van der Waals surface area contributed by atoms with Crippen molar-refractivity contribution in [3.63, 3.8) is 0 Å². The lowest BCUT2D eigenvalue weighted by molar-refractivity contribution is 0.695. The van der Waals surface area contributed by atoms with Gasteiger partial charge in [-0.05, 0) is 24.5 Å². The van der Waals surface area contributed by atoms with E-state index >= 15 is 0 Å². The van der Waals surface area contributed by atoms with Crippen molar-refractivity contribution in [3.05, 3.63) is 23.8 Å². The average Bonchev–Trinajstić information content (AvgIpc) is 2.23. The molecule has 0 aromatic heterocycles. The summed E-state index contributed by atoms with van der Waals surface area (Å²) in [6.45, 7) is 7.77. The molecule has 1 N–H and O–H groups in total. The van der Waals surface area contributed by atoms with Gasteiger partial charge in [-0.3, -0.25) is 0 Å². The van der Waals surface area contributed by atoms with E-state index in [4.69, 9.17) is 0 Å². The van der Waals surface area contributed by atoms with Gasteiger partial charge in [-0.1, -0.05) is 26.0 Å². The predicted octanol–water partition coefficient (Wildman–Crippen LogP) is 3.06. The summed E-state index contributed by atoms with van der Waals surface area (Å²) in [6.07, 6.45) is 0. The van der Waals surface area contributed by atoms with Crippen LogP contribution in [0.5, 0.6) is 0 Å². The van der Waals surface area contributed by atoms with Crippen LogP contribution in [0.2, 0.25) is 0 Å². The third-order valence-electron chi connectivity index (χ3n) is 3.31. The van der Waals surface area contributed by atoms with Crippen LogP contribution >= 0.6 is 0 Å². The Bertz CT molecular complexity index is 358. The van der Waals surface area contributed by atoms with E-state index in [-0.39, 0.29) is 0 Å². The van der Waals surface area contributed by atoms with Gasteiger partial charge in [0.25, 0.3) is 0 Å². The number of rotatable bonds is 1. The maximum Gasteiger partial charge on any atom is 0.0613 e. The van der Waals surface area contributed by atoms with Gasteiger partial charge in [-0.2, -0.15) is 0 Å². The smallest absolute Gasteiger partial charge is 0.0613 e. The molecule has 1 aliphatic heterocycles. The Kier molecular flexibility index (Phi) is 2.59. The molecule has 1 aliphatic rings. The summed E-state index contributed by atoms with van der Waals surface area (Å²) < 4.78 is 0. The molecule has 0 saturated carbocycles. The lowest BCUT2D eigenvalue weighted by Crippen LogP contribution is -2.39. The number of nitrogens with zero attached hydrogens (tertiary/aromatic N) is 1. The van der Waals surface area contributed by atoms with Gasteiger partial charge in [0.1, 0.15) is 0 Å². The molecule has 1 aromatic carbocycles. The van der Waals surface area contributed by atoms with Gasteiger partial charge >= 0.3 is 0 Å². The molecule has 2 nitrogen and oxygen atoms in total. The monoisotopic (exact) mass is 204 g/mol. The molecule has 0 fully saturated rings. The van der Waals surface area contributed by atoms with Gasteiger partial charge in [0.15, 0.2) is 0 Å². The Balaban J connectivity index is 2.48. The fraction of sp³-hybridized carbons (Fsp3) is 0.538. The zero-order chi connectivity index (χ0) is 11.0. The Hall–Kier alpha value is -1.18. The quantitative estimate of drug-likeness (QED) is 0.756. The molecular weight excluding hydrogens is 184 g/mol. The van der Waals surface area contributed by atoms with Crippen LogP contribution in [0.15, 0.2) is 18.2 Å². The molecule has 0 amide bonds. The SMILES string of the molecule is CC(C)c1cccc2c1NCC(C)N2C. The van der Waals surface area contributed by atoms with E-state index in [9.17, 15) is 0 Å². The minimum absolute atomic E-state index is 0.569. The highest BCUT2D eigenvalue weighted by atomic mass is 15.2. The second-order valence-corrected chi connectivity index (χ2v) is 4.74. The molecule has 0 radical (unpaired) electrons. The predicted molar refractivity (Wildman–Crippen MR) is 66.9 cm³/mol. The van der Waals surface area contributed by atoms with Gasteiger partial charge in [0.05, 0.1) is 11.4 Å². The molecule has 1 aromatic rings. The molecule has 0 saturated heterocycles. The van der Waals surface area contributed by atoms with Crippen LogP contribution in [0.1, 0.15) is 32.3 Å². The highest BCUT2D eigenvalue weighted by Crippen LogP contribution is 2.36. The molecule has 2 heteroatoms. The molecule has 1 atom stereocenters. The van der Waals surface area contributed by atoms with Gasteiger partial charge in [0.2, 0.25) is 0 Å². The van der Waals surface area contributed by atoms with Crippen molar-refractivity contribution in [2.24, 2.45) is 0 Å². The number of fused-ring (bicyclic) bond motifs is 1. The van der Waals surface area contributed by atoms with Crippen molar-refractivity contribution in [3.8, 4) is 0 Å². The van der Waals surface area contributed by atoms with E-state index < -0.39 is 0 Å². The van der Waals surface area contributed by atoms with Crippen LogP contribution in [0, 0.1) is 0 Å². The van der Waals surface area contributed by atoms with Crippen molar-refractivity contribution in [1.82, 2.24) is 0 Å². The van der Waals surface area contributed by atoms with Gasteiger partial charge in [-0.25, -0.2) is 0 Å². The Morgan fingerprint density at radius 3 is 2.80 bits per heavy atom. The van der Waals surface area contributed by atoms with E-state index in [0.29, 0.717) is 12.0 Å². The summed E-state index contributed by atoms with van der Waals surface area (Å²) in [4.78, 5) is 2.36. The lowest BCUT2D eigenvalue weighted by atomic mass is 9.97. The highest BCUT2D eigenvalue weighted by molar-refractivity contribution is 5.76. The molecule has 0 aliphatic carbocycles. The van der Waals surface area contributed by atoms with E-state index in [1.807, 2.05) is 0 Å². The Morgan fingerprint density at radius 1 is 1.40 bits per heavy atom. The second kappa shape index (κ2) is 3.76. The largest absolute Gasteiger partial charge is 0.381 e. The summed E-state index contributed by atoms with van der Waals surface area (Å²) in [7, 11) is 2.18. The zero-order valence-electron chi connectivity index (χ0n) is 10.0. The van der Waals surface area contributed by atoms with E-state index in [2.05, 4.69) is 56.2 Å². The summed E-state index contributed by atoms with van der Waals surface area (Å²) in [6, 6.07) is 7.15. The fourth-order valence-corrected chi connectivity index (χ4v) is 2.15. The van der Waals surface area contributed by atoms with E-state index in [1.165, 1.54) is 16.9 Å². The average molecular weight is 204 g/mol. The van der Waals surface area contributed by atoms with E-state index in [1.54, 1.807) is 0 Å². The molecular formula is C13H20N2. The fourth-order valence-electron chi connectivity index (χ4n) is 2.15. The number of para-hydroxylation sites is 1. The first-order valence-electron chi connectivity index (χ1n) is 5.71. The second-order valence-electron chi connectivity index (χ2n) is 4.74. The maximum absolute atomic E-state index is 3.55.